The third-order valence-corrected chi connectivity index (χ3v) is 7.35. The van der Waals surface area contributed by atoms with E-state index < -0.39 is 11.8 Å². The van der Waals surface area contributed by atoms with E-state index in [1.807, 2.05) is 50.2 Å². The average molecular weight is 510 g/mol. The third-order valence-electron chi connectivity index (χ3n) is 7.00. The van der Waals surface area contributed by atoms with Gasteiger partial charge in [-0.15, -0.1) is 0 Å². The number of methoxy groups -OCH3 is 2. The van der Waals surface area contributed by atoms with Crippen molar-refractivity contribution in [2.75, 3.05) is 20.8 Å². The number of unbranched alkanes of at least 4 members (excludes halogenated alkanes) is 1. The molecule has 0 saturated carbocycles. The number of nitrogens with zero attached hydrogens (tertiary/aromatic N) is 1. The number of allylic oxidation sites excluding steroid dienone is 2. The summed E-state index contributed by atoms with van der Waals surface area (Å²) in [5.74, 6) is -0.416. The molecule has 36 heavy (non-hydrogen) atoms. The minimum absolute atomic E-state index is 0.0245. The standard InChI is InChI=1S/C29H32ClNO5/c1-5-6-13-36-29(33)26-17(2)31-22-14-19(18-11-12-24(34-3)25(16-18)35-4)15-23(32)28(22)27(26)20-9-7-8-10-21(20)30/h7-12,16,19,26-27H,5-6,13-15H2,1-4H3/t19-,26?,27-/m0/s1. The number of aliphatic imine (C=N–C) groups is 1. The normalized spacial score (nSPS) is 21.5. The molecular weight excluding hydrogens is 478 g/mol. The van der Waals surface area contributed by atoms with Gasteiger partial charge in [0.15, 0.2) is 17.3 Å². The Morgan fingerprint density at radius 1 is 1.08 bits per heavy atom. The van der Waals surface area contributed by atoms with E-state index in [1.165, 1.54) is 0 Å². The van der Waals surface area contributed by atoms with Crippen LogP contribution in [0.5, 0.6) is 11.5 Å². The third kappa shape index (κ3) is 5.05. The lowest BCUT2D eigenvalue weighted by Gasteiger charge is -2.37. The highest BCUT2D eigenvalue weighted by atomic mass is 35.5. The first-order valence-corrected chi connectivity index (χ1v) is 12.7. The van der Waals surface area contributed by atoms with Gasteiger partial charge in [-0.05, 0) is 55.0 Å². The number of Topliss-reactive ketones (excluding diaryl/α,β-unsaturated/α-hetero) is 1. The van der Waals surface area contributed by atoms with Crippen LogP contribution >= 0.6 is 11.6 Å². The second kappa shape index (κ2) is 11.3. The van der Waals surface area contributed by atoms with Crippen LogP contribution in [0, 0.1) is 5.92 Å². The van der Waals surface area contributed by atoms with Crippen LogP contribution in [0.4, 0.5) is 0 Å². The van der Waals surface area contributed by atoms with Crippen molar-refractivity contribution in [2.45, 2.75) is 51.4 Å². The molecule has 6 nitrogen and oxygen atoms in total. The maximum atomic E-state index is 13.7. The van der Waals surface area contributed by atoms with Crippen LogP contribution in [-0.4, -0.2) is 38.3 Å². The molecule has 1 heterocycles. The molecule has 2 aliphatic rings. The number of carbonyl (C=O) groups is 2. The molecule has 0 aromatic heterocycles. The molecule has 2 aromatic rings. The molecule has 0 amide bonds. The number of halogens is 1. The topological polar surface area (TPSA) is 74.2 Å². The smallest absolute Gasteiger partial charge is 0.315 e. The number of hydrogen-bond acceptors (Lipinski definition) is 6. The number of ether oxygens (including phenoxy) is 3. The van der Waals surface area contributed by atoms with E-state index in [0.717, 1.165) is 24.0 Å². The first-order valence-electron chi connectivity index (χ1n) is 12.3. The Bertz CT molecular complexity index is 1220. The first kappa shape index (κ1) is 26.0. The number of ketones is 1. The van der Waals surface area contributed by atoms with Crippen LogP contribution < -0.4 is 9.47 Å². The highest BCUT2D eigenvalue weighted by Crippen LogP contribution is 2.48. The fourth-order valence-electron chi connectivity index (χ4n) is 5.18. The Kier molecular flexibility index (Phi) is 8.14. The Hall–Kier alpha value is -3.12. The van der Waals surface area contributed by atoms with Crippen LogP contribution in [0.15, 0.2) is 58.7 Å². The molecule has 190 valence electrons. The van der Waals surface area contributed by atoms with Crippen molar-refractivity contribution in [3.8, 4) is 11.5 Å². The monoisotopic (exact) mass is 509 g/mol. The van der Waals surface area contributed by atoms with E-state index in [2.05, 4.69) is 0 Å². The van der Waals surface area contributed by atoms with Gasteiger partial charge in [0.25, 0.3) is 0 Å². The maximum absolute atomic E-state index is 13.7. The van der Waals surface area contributed by atoms with Gasteiger partial charge >= 0.3 is 5.97 Å². The lowest BCUT2D eigenvalue weighted by molar-refractivity contribution is -0.146. The van der Waals surface area contributed by atoms with Crippen molar-refractivity contribution < 1.29 is 23.8 Å². The van der Waals surface area contributed by atoms with Crippen LogP contribution in [0.25, 0.3) is 0 Å². The number of hydrogen-bond donors (Lipinski definition) is 0. The number of esters is 1. The van der Waals surface area contributed by atoms with Gasteiger partial charge in [0, 0.05) is 34.3 Å². The number of rotatable bonds is 8. The zero-order valence-corrected chi connectivity index (χ0v) is 21.9. The highest BCUT2D eigenvalue weighted by molar-refractivity contribution is 6.31. The molecule has 0 radical (unpaired) electrons. The molecule has 2 aromatic carbocycles. The molecule has 0 spiro atoms. The van der Waals surface area contributed by atoms with E-state index in [0.29, 0.717) is 53.0 Å². The van der Waals surface area contributed by atoms with Gasteiger partial charge in [-0.3, -0.25) is 14.6 Å². The lowest BCUT2D eigenvalue weighted by atomic mass is 9.69. The summed E-state index contributed by atoms with van der Waals surface area (Å²) < 4.78 is 16.4. The zero-order chi connectivity index (χ0) is 25.8. The summed E-state index contributed by atoms with van der Waals surface area (Å²) in [7, 11) is 3.19. The van der Waals surface area contributed by atoms with Gasteiger partial charge in [-0.1, -0.05) is 49.2 Å². The molecule has 1 aliphatic heterocycles. The summed E-state index contributed by atoms with van der Waals surface area (Å²) in [4.78, 5) is 31.8. The lowest BCUT2D eigenvalue weighted by Crippen LogP contribution is -2.38. The van der Waals surface area contributed by atoms with E-state index in [-0.39, 0.29) is 17.7 Å². The quantitative estimate of drug-likeness (QED) is 0.309. The summed E-state index contributed by atoms with van der Waals surface area (Å²) in [5, 5.41) is 0.519. The largest absolute Gasteiger partial charge is 0.493 e. The first-order chi connectivity index (χ1) is 17.4. The summed E-state index contributed by atoms with van der Waals surface area (Å²) in [6.45, 7) is 4.22. The molecule has 4 rings (SSSR count). The average Bonchev–Trinajstić information content (AvgIpc) is 2.87. The van der Waals surface area contributed by atoms with E-state index >= 15 is 0 Å². The van der Waals surface area contributed by atoms with E-state index in [4.69, 9.17) is 30.8 Å². The van der Waals surface area contributed by atoms with Gasteiger partial charge in [-0.25, -0.2) is 0 Å². The van der Waals surface area contributed by atoms with Crippen molar-refractivity contribution in [1.82, 2.24) is 0 Å². The predicted molar refractivity (Wildman–Crippen MR) is 140 cm³/mol. The van der Waals surface area contributed by atoms with Crippen molar-refractivity contribution in [1.29, 1.82) is 0 Å². The fourth-order valence-corrected chi connectivity index (χ4v) is 5.43. The van der Waals surface area contributed by atoms with Crippen molar-refractivity contribution in [3.05, 3.63) is 69.9 Å². The fraction of sp³-hybridized carbons (Fsp3) is 0.414. The van der Waals surface area contributed by atoms with Gasteiger partial charge < -0.3 is 14.2 Å². The Morgan fingerprint density at radius 2 is 1.83 bits per heavy atom. The minimum atomic E-state index is -0.693. The van der Waals surface area contributed by atoms with Crippen LogP contribution in [-0.2, 0) is 14.3 Å². The van der Waals surface area contributed by atoms with Crippen LogP contribution in [0.3, 0.4) is 0 Å². The molecule has 0 fully saturated rings. The molecule has 0 N–H and O–H groups in total. The molecule has 1 aliphatic carbocycles. The van der Waals surface area contributed by atoms with Crippen LogP contribution in [0.1, 0.15) is 62.5 Å². The summed E-state index contributed by atoms with van der Waals surface area (Å²) >= 11 is 6.62. The number of carbonyl (C=O) groups excluding carboxylic acids is 2. The summed E-state index contributed by atoms with van der Waals surface area (Å²) in [6.07, 6.45) is 2.59. The molecule has 1 unspecified atom stereocenters. The molecule has 0 bridgehead atoms. The molecule has 0 saturated heterocycles. The predicted octanol–water partition coefficient (Wildman–Crippen LogP) is 6.28. The second-order valence-electron chi connectivity index (χ2n) is 9.25. The summed E-state index contributed by atoms with van der Waals surface area (Å²) in [6, 6.07) is 13.1. The number of benzene rings is 2. The van der Waals surface area contributed by atoms with E-state index in [9.17, 15) is 9.59 Å². The van der Waals surface area contributed by atoms with Crippen molar-refractivity contribution >= 4 is 29.1 Å². The minimum Gasteiger partial charge on any atom is -0.493 e. The maximum Gasteiger partial charge on any atom is 0.315 e. The van der Waals surface area contributed by atoms with E-state index in [1.54, 1.807) is 20.3 Å². The molecule has 3 atom stereocenters. The molecular formula is C29H32ClNO5. The van der Waals surface area contributed by atoms with Gasteiger partial charge in [0.2, 0.25) is 0 Å². The summed E-state index contributed by atoms with van der Waals surface area (Å²) in [5.41, 5.74) is 3.65. The van der Waals surface area contributed by atoms with Crippen LogP contribution in [0.2, 0.25) is 5.02 Å². The SMILES string of the molecule is CCCCOC(=O)C1C(C)=NC2=C(C(=O)C[C@@H](c3ccc(OC)c(OC)c3)C2)[C@H]1c1ccccc1Cl. The zero-order valence-electron chi connectivity index (χ0n) is 21.2. The van der Waals surface area contributed by atoms with Gasteiger partial charge in [0.05, 0.1) is 20.8 Å². The van der Waals surface area contributed by atoms with Gasteiger partial charge in [0.1, 0.15) is 5.92 Å². The Labute approximate surface area is 217 Å². The van der Waals surface area contributed by atoms with Crippen molar-refractivity contribution in [3.63, 3.8) is 0 Å². The van der Waals surface area contributed by atoms with Gasteiger partial charge in [-0.2, -0.15) is 0 Å². The Balaban J connectivity index is 1.75. The second-order valence-corrected chi connectivity index (χ2v) is 9.66. The Morgan fingerprint density at radius 3 is 2.53 bits per heavy atom. The van der Waals surface area contributed by atoms with Crippen molar-refractivity contribution in [2.24, 2.45) is 10.9 Å². The highest BCUT2D eigenvalue weighted by Gasteiger charge is 2.45. The molecule has 7 heteroatoms.